The Morgan fingerprint density at radius 3 is 2.46 bits per heavy atom. The molecule has 0 aliphatic rings. The van der Waals surface area contributed by atoms with Crippen molar-refractivity contribution in [3.05, 3.63) is 81.5 Å². The van der Waals surface area contributed by atoms with Gasteiger partial charge < -0.3 is 10.6 Å². The van der Waals surface area contributed by atoms with Crippen LogP contribution in [-0.2, 0) is 13.5 Å². The molecular weight excluding hydrogens is 399 g/mol. The third-order valence-corrected chi connectivity index (χ3v) is 4.67. The summed E-state index contributed by atoms with van der Waals surface area (Å²) in [5.74, 6) is -0.293. The minimum atomic E-state index is -0.372. The molecule has 0 radical (unpaired) electrons. The van der Waals surface area contributed by atoms with Crippen molar-refractivity contribution in [3.63, 3.8) is 0 Å². The molecule has 1 aromatic heterocycles. The van der Waals surface area contributed by atoms with Crippen LogP contribution in [0, 0.1) is 0 Å². The van der Waals surface area contributed by atoms with Crippen LogP contribution in [0.5, 0.6) is 0 Å². The lowest BCUT2D eigenvalue weighted by atomic mass is 10.1. The average Bonchev–Trinajstić information content (AvgIpc) is 3.04. The van der Waals surface area contributed by atoms with E-state index in [1.165, 1.54) is 10.7 Å². The summed E-state index contributed by atoms with van der Waals surface area (Å²) in [4.78, 5) is 24.7. The number of hydrogen-bond acceptors (Lipinski definition) is 3. The maximum Gasteiger partial charge on any atom is 0.271 e. The molecule has 0 aliphatic carbocycles. The molecule has 0 unspecified atom stereocenters. The highest BCUT2D eigenvalue weighted by Gasteiger charge is 2.16. The van der Waals surface area contributed by atoms with Gasteiger partial charge in [0.25, 0.3) is 11.8 Å². The summed E-state index contributed by atoms with van der Waals surface area (Å²) in [6.07, 6.45) is 0.672. The van der Waals surface area contributed by atoms with Crippen LogP contribution >= 0.6 is 23.2 Å². The van der Waals surface area contributed by atoms with Crippen LogP contribution in [-0.4, -0.2) is 28.1 Å². The molecule has 28 heavy (non-hydrogen) atoms. The van der Waals surface area contributed by atoms with E-state index in [1.807, 2.05) is 24.3 Å². The molecule has 8 heteroatoms. The summed E-state index contributed by atoms with van der Waals surface area (Å²) in [7, 11) is 1.65. The zero-order valence-electron chi connectivity index (χ0n) is 15.1. The summed E-state index contributed by atoms with van der Waals surface area (Å²) < 4.78 is 1.43. The molecule has 0 fully saturated rings. The summed E-state index contributed by atoms with van der Waals surface area (Å²) in [6, 6.07) is 15.7. The molecule has 0 spiro atoms. The molecule has 2 N–H and O–H groups in total. The summed E-state index contributed by atoms with van der Waals surface area (Å²) in [6.45, 7) is 0.457. The fraction of sp³-hybridized carbons (Fsp3) is 0.150. The normalized spacial score (nSPS) is 10.5. The standard InChI is InChI=1S/C20H18Cl2N4O2/c1-26-18(24-19(27)15-4-2-3-5-16(15)22)12-17(25-26)20(28)23-11-10-13-6-8-14(21)9-7-13/h2-9,12H,10-11H2,1H3,(H,23,28)(H,24,27). The molecule has 0 saturated heterocycles. The van der Waals surface area contributed by atoms with Gasteiger partial charge in [-0.25, -0.2) is 0 Å². The van der Waals surface area contributed by atoms with E-state index in [-0.39, 0.29) is 17.5 Å². The number of hydrogen-bond donors (Lipinski definition) is 2. The lowest BCUT2D eigenvalue weighted by Gasteiger charge is -2.06. The highest BCUT2D eigenvalue weighted by molar-refractivity contribution is 6.34. The third kappa shape index (κ3) is 4.91. The zero-order chi connectivity index (χ0) is 20.1. The van der Waals surface area contributed by atoms with Crippen LogP contribution in [0.1, 0.15) is 26.4 Å². The van der Waals surface area contributed by atoms with Crippen molar-refractivity contribution in [1.82, 2.24) is 15.1 Å². The topological polar surface area (TPSA) is 76.0 Å². The van der Waals surface area contributed by atoms with E-state index in [2.05, 4.69) is 15.7 Å². The van der Waals surface area contributed by atoms with Gasteiger partial charge >= 0.3 is 0 Å². The number of halogens is 2. The van der Waals surface area contributed by atoms with Gasteiger partial charge in [0.05, 0.1) is 10.6 Å². The Bertz CT molecular complexity index is 1000. The van der Waals surface area contributed by atoms with Gasteiger partial charge in [0.1, 0.15) is 5.82 Å². The smallest absolute Gasteiger partial charge is 0.271 e. The first-order valence-electron chi connectivity index (χ1n) is 8.56. The second-order valence-corrected chi connectivity index (χ2v) is 6.95. The first-order chi connectivity index (χ1) is 13.4. The van der Waals surface area contributed by atoms with Crippen molar-refractivity contribution in [3.8, 4) is 0 Å². The SMILES string of the molecule is Cn1nc(C(=O)NCCc2ccc(Cl)cc2)cc1NC(=O)c1ccccc1Cl. The molecule has 144 valence electrons. The van der Waals surface area contributed by atoms with Crippen LogP contribution < -0.4 is 10.6 Å². The molecule has 0 atom stereocenters. The van der Waals surface area contributed by atoms with E-state index in [0.29, 0.717) is 34.4 Å². The Morgan fingerprint density at radius 2 is 1.75 bits per heavy atom. The molecule has 1 heterocycles. The van der Waals surface area contributed by atoms with Crippen molar-refractivity contribution < 1.29 is 9.59 Å². The fourth-order valence-electron chi connectivity index (χ4n) is 2.59. The predicted octanol–water partition coefficient (Wildman–Crippen LogP) is 3.95. The Kier molecular flexibility index (Phi) is 6.34. The average molecular weight is 417 g/mol. The Labute approximate surface area is 172 Å². The molecule has 2 aromatic carbocycles. The first kappa shape index (κ1) is 19.9. The van der Waals surface area contributed by atoms with Gasteiger partial charge in [-0.3, -0.25) is 14.3 Å². The molecule has 2 amide bonds. The number of nitrogens with zero attached hydrogens (tertiary/aromatic N) is 2. The lowest BCUT2D eigenvalue weighted by Crippen LogP contribution is -2.26. The Morgan fingerprint density at radius 1 is 1.04 bits per heavy atom. The quantitative estimate of drug-likeness (QED) is 0.638. The van der Waals surface area contributed by atoms with E-state index >= 15 is 0 Å². The van der Waals surface area contributed by atoms with Crippen LogP contribution in [0.4, 0.5) is 5.82 Å². The minimum Gasteiger partial charge on any atom is -0.350 e. The van der Waals surface area contributed by atoms with Crippen molar-refractivity contribution >= 4 is 40.8 Å². The van der Waals surface area contributed by atoms with Crippen LogP contribution in [0.15, 0.2) is 54.6 Å². The summed E-state index contributed by atoms with van der Waals surface area (Å²) in [5, 5.41) is 10.7. The van der Waals surface area contributed by atoms with Crippen molar-refractivity contribution in [2.24, 2.45) is 7.05 Å². The number of nitrogens with one attached hydrogen (secondary N) is 2. The number of amides is 2. The maximum absolute atomic E-state index is 12.4. The number of aromatic nitrogens is 2. The summed E-state index contributed by atoms with van der Waals surface area (Å²) in [5.41, 5.74) is 1.63. The number of carbonyl (C=O) groups is 2. The Balaban J connectivity index is 1.59. The van der Waals surface area contributed by atoms with Crippen LogP contribution in [0.3, 0.4) is 0 Å². The van der Waals surface area contributed by atoms with Gasteiger partial charge in [0.2, 0.25) is 0 Å². The Hall–Kier alpha value is -2.83. The van der Waals surface area contributed by atoms with Crippen LogP contribution in [0.2, 0.25) is 10.0 Å². The zero-order valence-corrected chi connectivity index (χ0v) is 16.6. The van der Waals surface area contributed by atoms with Gasteiger partial charge in [-0.2, -0.15) is 5.10 Å². The van der Waals surface area contributed by atoms with Crippen molar-refractivity contribution in [2.45, 2.75) is 6.42 Å². The molecule has 6 nitrogen and oxygen atoms in total. The van der Waals surface area contributed by atoms with E-state index in [0.717, 1.165) is 5.56 Å². The van der Waals surface area contributed by atoms with Gasteiger partial charge in [-0.15, -0.1) is 0 Å². The third-order valence-electron chi connectivity index (χ3n) is 4.09. The maximum atomic E-state index is 12.4. The van der Waals surface area contributed by atoms with Gasteiger partial charge in [-0.1, -0.05) is 47.5 Å². The highest BCUT2D eigenvalue weighted by Crippen LogP contribution is 2.17. The second kappa shape index (κ2) is 8.91. The monoisotopic (exact) mass is 416 g/mol. The highest BCUT2D eigenvalue weighted by atomic mass is 35.5. The van der Waals surface area contributed by atoms with Crippen LogP contribution in [0.25, 0.3) is 0 Å². The van der Waals surface area contributed by atoms with E-state index in [1.54, 1.807) is 31.3 Å². The first-order valence-corrected chi connectivity index (χ1v) is 9.32. The lowest BCUT2D eigenvalue weighted by molar-refractivity contribution is 0.0947. The fourth-order valence-corrected chi connectivity index (χ4v) is 2.93. The molecule has 0 saturated carbocycles. The number of benzene rings is 2. The number of carbonyl (C=O) groups excluding carboxylic acids is 2. The molecular formula is C20H18Cl2N4O2. The number of anilines is 1. The van der Waals surface area contributed by atoms with E-state index in [4.69, 9.17) is 23.2 Å². The second-order valence-electron chi connectivity index (χ2n) is 6.10. The van der Waals surface area contributed by atoms with Gasteiger partial charge in [-0.05, 0) is 36.2 Å². The van der Waals surface area contributed by atoms with Crippen molar-refractivity contribution in [2.75, 3.05) is 11.9 Å². The number of rotatable bonds is 6. The van der Waals surface area contributed by atoms with Gasteiger partial charge in [0.15, 0.2) is 5.69 Å². The molecule has 0 aliphatic heterocycles. The number of aryl methyl sites for hydroxylation is 1. The van der Waals surface area contributed by atoms with Gasteiger partial charge in [0, 0.05) is 24.7 Å². The largest absolute Gasteiger partial charge is 0.350 e. The molecule has 3 rings (SSSR count). The minimum absolute atomic E-state index is 0.216. The van der Waals surface area contributed by atoms with E-state index in [9.17, 15) is 9.59 Å². The van der Waals surface area contributed by atoms with Crippen molar-refractivity contribution in [1.29, 1.82) is 0 Å². The summed E-state index contributed by atoms with van der Waals surface area (Å²) >= 11 is 11.9. The molecule has 0 bridgehead atoms. The predicted molar refractivity (Wildman–Crippen MR) is 110 cm³/mol. The van der Waals surface area contributed by atoms with E-state index < -0.39 is 0 Å². The molecule has 3 aromatic rings.